The van der Waals surface area contributed by atoms with Gasteiger partial charge in [0.15, 0.2) is 0 Å². The Balaban J connectivity index is 1.65. The van der Waals surface area contributed by atoms with Crippen LogP contribution in [0.2, 0.25) is 0 Å². The van der Waals surface area contributed by atoms with Gasteiger partial charge in [-0.05, 0) is 38.0 Å². The third-order valence-corrected chi connectivity index (χ3v) is 4.10. The number of aromatic amines is 1. The second kappa shape index (κ2) is 6.53. The minimum absolute atomic E-state index is 0.0238. The molecule has 23 heavy (non-hydrogen) atoms. The Labute approximate surface area is 135 Å². The van der Waals surface area contributed by atoms with Crippen molar-refractivity contribution in [1.82, 2.24) is 14.9 Å². The summed E-state index contributed by atoms with van der Waals surface area (Å²) in [5.74, 6) is 0.807. The number of rotatable bonds is 4. The topological polar surface area (TPSA) is 84.8 Å². The van der Waals surface area contributed by atoms with Crippen LogP contribution in [0.15, 0.2) is 30.5 Å². The zero-order valence-corrected chi connectivity index (χ0v) is 13.0. The Bertz CT molecular complexity index is 745. The fraction of sp³-hybridized carbons (Fsp3) is 0.353. The van der Waals surface area contributed by atoms with E-state index in [2.05, 4.69) is 15.3 Å². The molecule has 1 amide bonds. The molecule has 0 spiro atoms. The predicted octanol–water partition coefficient (Wildman–Crippen LogP) is 2.31. The molecule has 6 nitrogen and oxygen atoms in total. The monoisotopic (exact) mass is 309 g/mol. The second-order valence-corrected chi connectivity index (χ2v) is 5.75. The molecule has 1 aliphatic heterocycles. The molecule has 3 heterocycles. The maximum atomic E-state index is 12.6. The van der Waals surface area contributed by atoms with E-state index in [9.17, 15) is 4.79 Å². The summed E-state index contributed by atoms with van der Waals surface area (Å²) in [5.41, 5.74) is 1.92. The summed E-state index contributed by atoms with van der Waals surface area (Å²) >= 11 is 0. The van der Waals surface area contributed by atoms with Gasteiger partial charge in [0.25, 0.3) is 5.91 Å². The number of carbonyl (C=O) groups is 1. The average Bonchev–Trinajstić information content (AvgIpc) is 3.21. The van der Waals surface area contributed by atoms with Crippen molar-refractivity contribution in [3.63, 3.8) is 0 Å². The Morgan fingerprint density at radius 3 is 3.17 bits per heavy atom. The SMILES string of the molecule is Cc1cccc(NCC2CCCN2C(=O)c2c[nH]c(C#N)c2)n1. The number of aryl methyl sites for hydroxylation is 1. The van der Waals surface area contributed by atoms with E-state index in [1.165, 1.54) is 0 Å². The number of nitriles is 1. The van der Waals surface area contributed by atoms with Crippen molar-refractivity contribution in [3.05, 3.63) is 47.4 Å². The van der Waals surface area contributed by atoms with Crippen molar-refractivity contribution in [2.24, 2.45) is 0 Å². The second-order valence-electron chi connectivity index (χ2n) is 5.75. The number of pyridine rings is 1. The van der Waals surface area contributed by atoms with Gasteiger partial charge in [-0.25, -0.2) is 4.98 Å². The number of hydrogen-bond acceptors (Lipinski definition) is 4. The van der Waals surface area contributed by atoms with Crippen molar-refractivity contribution in [2.75, 3.05) is 18.4 Å². The predicted molar refractivity (Wildman–Crippen MR) is 87.0 cm³/mol. The molecule has 0 aliphatic carbocycles. The molecule has 3 rings (SSSR count). The number of hydrogen-bond donors (Lipinski definition) is 2. The highest BCUT2D eigenvalue weighted by Crippen LogP contribution is 2.21. The van der Waals surface area contributed by atoms with Gasteiger partial charge in [-0.1, -0.05) is 6.07 Å². The molecule has 2 aromatic rings. The maximum absolute atomic E-state index is 12.6. The Morgan fingerprint density at radius 2 is 2.43 bits per heavy atom. The first-order chi connectivity index (χ1) is 11.2. The first-order valence-electron chi connectivity index (χ1n) is 7.74. The van der Waals surface area contributed by atoms with E-state index >= 15 is 0 Å². The van der Waals surface area contributed by atoms with Crippen LogP contribution in [-0.2, 0) is 0 Å². The quantitative estimate of drug-likeness (QED) is 0.907. The van der Waals surface area contributed by atoms with Crippen LogP contribution in [0.5, 0.6) is 0 Å². The minimum Gasteiger partial charge on any atom is -0.368 e. The zero-order chi connectivity index (χ0) is 16.2. The number of anilines is 1. The van der Waals surface area contributed by atoms with Crippen LogP contribution in [0.25, 0.3) is 0 Å². The van der Waals surface area contributed by atoms with Gasteiger partial charge in [0.05, 0.1) is 5.56 Å². The van der Waals surface area contributed by atoms with Gasteiger partial charge >= 0.3 is 0 Å². The standard InChI is InChI=1S/C17H19N5O/c1-12-4-2-6-16(21-12)20-11-15-5-3-7-22(15)17(23)13-8-14(9-18)19-10-13/h2,4,6,8,10,15,19H,3,5,7,11H2,1H3,(H,20,21). The number of nitrogens with one attached hydrogen (secondary N) is 2. The molecule has 0 radical (unpaired) electrons. The largest absolute Gasteiger partial charge is 0.368 e. The maximum Gasteiger partial charge on any atom is 0.255 e. The summed E-state index contributed by atoms with van der Waals surface area (Å²) in [7, 11) is 0. The van der Waals surface area contributed by atoms with E-state index in [1.54, 1.807) is 12.3 Å². The van der Waals surface area contributed by atoms with Crippen LogP contribution in [0.4, 0.5) is 5.82 Å². The van der Waals surface area contributed by atoms with Gasteiger partial charge < -0.3 is 15.2 Å². The van der Waals surface area contributed by atoms with Crippen molar-refractivity contribution in [3.8, 4) is 6.07 Å². The summed E-state index contributed by atoms with van der Waals surface area (Å²) in [4.78, 5) is 21.7. The van der Waals surface area contributed by atoms with Gasteiger partial charge in [0.2, 0.25) is 0 Å². The van der Waals surface area contributed by atoms with Crippen molar-refractivity contribution >= 4 is 11.7 Å². The van der Waals surface area contributed by atoms with Crippen molar-refractivity contribution in [1.29, 1.82) is 5.26 Å². The molecular weight excluding hydrogens is 290 g/mol. The van der Waals surface area contributed by atoms with Crippen LogP contribution >= 0.6 is 0 Å². The van der Waals surface area contributed by atoms with Crippen molar-refractivity contribution < 1.29 is 4.79 Å². The van der Waals surface area contributed by atoms with Crippen LogP contribution in [-0.4, -0.2) is 39.9 Å². The summed E-state index contributed by atoms with van der Waals surface area (Å²) in [5, 5.41) is 12.2. The molecular formula is C17H19N5O. The number of H-pyrrole nitrogens is 1. The van der Waals surface area contributed by atoms with Gasteiger partial charge in [0, 0.05) is 31.0 Å². The minimum atomic E-state index is -0.0238. The van der Waals surface area contributed by atoms with Crippen LogP contribution < -0.4 is 5.32 Å². The molecule has 1 atom stereocenters. The average molecular weight is 309 g/mol. The van der Waals surface area contributed by atoms with Crippen LogP contribution in [0.3, 0.4) is 0 Å². The molecule has 1 saturated heterocycles. The number of amides is 1. The van der Waals surface area contributed by atoms with E-state index in [4.69, 9.17) is 5.26 Å². The zero-order valence-electron chi connectivity index (χ0n) is 13.0. The number of carbonyl (C=O) groups excluding carboxylic acids is 1. The molecule has 6 heteroatoms. The third-order valence-electron chi connectivity index (χ3n) is 4.10. The Kier molecular flexibility index (Phi) is 4.29. The molecule has 118 valence electrons. The summed E-state index contributed by atoms with van der Waals surface area (Å²) in [6.07, 6.45) is 3.57. The lowest BCUT2D eigenvalue weighted by molar-refractivity contribution is 0.0744. The fourth-order valence-corrected chi connectivity index (χ4v) is 2.93. The van der Waals surface area contributed by atoms with Gasteiger partial charge in [0.1, 0.15) is 17.6 Å². The van der Waals surface area contributed by atoms with Gasteiger partial charge in [-0.3, -0.25) is 4.79 Å². The lowest BCUT2D eigenvalue weighted by Crippen LogP contribution is -2.39. The highest BCUT2D eigenvalue weighted by molar-refractivity contribution is 5.94. The Hall–Kier alpha value is -2.81. The lowest BCUT2D eigenvalue weighted by Gasteiger charge is -2.24. The third kappa shape index (κ3) is 3.34. The lowest BCUT2D eigenvalue weighted by atomic mass is 10.2. The van der Waals surface area contributed by atoms with E-state index in [0.717, 1.165) is 30.9 Å². The molecule has 1 aliphatic rings. The summed E-state index contributed by atoms with van der Waals surface area (Å²) < 4.78 is 0. The van der Waals surface area contributed by atoms with Crippen LogP contribution in [0.1, 0.15) is 34.6 Å². The molecule has 2 aromatic heterocycles. The molecule has 1 fully saturated rings. The van der Waals surface area contributed by atoms with Gasteiger partial charge in [-0.15, -0.1) is 0 Å². The van der Waals surface area contributed by atoms with E-state index < -0.39 is 0 Å². The summed E-state index contributed by atoms with van der Waals surface area (Å²) in [6.45, 7) is 3.38. The smallest absolute Gasteiger partial charge is 0.255 e. The highest BCUT2D eigenvalue weighted by Gasteiger charge is 2.29. The fourth-order valence-electron chi connectivity index (χ4n) is 2.93. The summed E-state index contributed by atoms with van der Waals surface area (Å²) in [6, 6.07) is 9.60. The normalized spacial score (nSPS) is 17.0. The van der Waals surface area contributed by atoms with E-state index in [0.29, 0.717) is 17.8 Å². The highest BCUT2D eigenvalue weighted by atomic mass is 16.2. The number of aromatic nitrogens is 2. The molecule has 1 unspecified atom stereocenters. The first kappa shape index (κ1) is 15.1. The first-order valence-corrected chi connectivity index (χ1v) is 7.74. The van der Waals surface area contributed by atoms with E-state index in [-0.39, 0.29) is 11.9 Å². The van der Waals surface area contributed by atoms with Crippen LogP contribution in [0, 0.1) is 18.3 Å². The van der Waals surface area contributed by atoms with E-state index in [1.807, 2.05) is 36.1 Å². The number of likely N-dealkylation sites (tertiary alicyclic amines) is 1. The number of nitrogens with zero attached hydrogens (tertiary/aromatic N) is 3. The molecule has 0 saturated carbocycles. The van der Waals surface area contributed by atoms with Gasteiger partial charge in [-0.2, -0.15) is 5.26 Å². The molecule has 0 aromatic carbocycles. The Morgan fingerprint density at radius 1 is 1.57 bits per heavy atom. The van der Waals surface area contributed by atoms with Crippen molar-refractivity contribution in [2.45, 2.75) is 25.8 Å². The molecule has 2 N–H and O–H groups in total. The molecule has 0 bridgehead atoms.